The van der Waals surface area contributed by atoms with Gasteiger partial charge in [0.15, 0.2) is 0 Å². The second-order valence-electron chi connectivity index (χ2n) is 4.21. The van der Waals surface area contributed by atoms with Crippen molar-refractivity contribution in [3.63, 3.8) is 0 Å². The largest absolute Gasteiger partial charge is 0.325 e. The van der Waals surface area contributed by atoms with E-state index in [0.717, 1.165) is 24.3 Å². The van der Waals surface area contributed by atoms with Crippen LogP contribution in [0.4, 0.5) is 0 Å². The van der Waals surface area contributed by atoms with E-state index in [2.05, 4.69) is 13.0 Å². The molecule has 1 unspecified atom stereocenters. The van der Waals surface area contributed by atoms with Crippen LogP contribution in [0.5, 0.6) is 0 Å². The summed E-state index contributed by atoms with van der Waals surface area (Å²) >= 11 is 6.09. The molecule has 0 fully saturated rings. The van der Waals surface area contributed by atoms with Crippen LogP contribution in [0.25, 0.3) is 0 Å². The summed E-state index contributed by atoms with van der Waals surface area (Å²) < 4.78 is 0. The standard InChI is InChI=1S/C11H14ClN/c1-11(13)6-5-9-8(7-11)3-2-4-10(9)12/h2-4H,5-7,13H2,1H3. The molecular formula is C11H14ClN. The molecule has 1 aliphatic carbocycles. The Morgan fingerprint density at radius 1 is 1.46 bits per heavy atom. The van der Waals surface area contributed by atoms with E-state index in [-0.39, 0.29) is 5.54 Å². The summed E-state index contributed by atoms with van der Waals surface area (Å²) in [6.45, 7) is 2.11. The summed E-state index contributed by atoms with van der Waals surface area (Å²) in [5.74, 6) is 0. The fourth-order valence-corrected chi connectivity index (χ4v) is 2.27. The van der Waals surface area contributed by atoms with Crippen LogP contribution < -0.4 is 5.73 Å². The maximum absolute atomic E-state index is 6.10. The summed E-state index contributed by atoms with van der Waals surface area (Å²) in [6.07, 6.45) is 2.99. The molecular weight excluding hydrogens is 182 g/mol. The first-order valence-corrected chi connectivity index (χ1v) is 5.01. The van der Waals surface area contributed by atoms with Gasteiger partial charge < -0.3 is 5.73 Å². The molecule has 0 heterocycles. The van der Waals surface area contributed by atoms with Crippen molar-refractivity contribution in [1.29, 1.82) is 0 Å². The fraction of sp³-hybridized carbons (Fsp3) is 0.455. The van der Waals surface area contributed by atoms with Crippen molar-refractivity contribution in [2.45, 2.75) is 31.7 Å². The number of nitrogens with two attached hydrogens (primary N) is 1. The molecule has 2 N–H and O–H groups in total. The molecule has 0 aliphatic heterocycles. The molecule has 13 heavy (non-hydrogen) atoms. The smallest absolute Gasteiger partial charge is 0.0440 e. The third-order valence-corrected chi connectivity index (χ3v) is 3.11. The SMILES string of the molecule is CC1(N)CCc2c(Cl)cccc2C1. The first-order chi connectivity index (χ1) is 6.08. The number of halogens is 1. The minimum absolute atomic E-state index is 0.0440. The zero-order chi connectivity index (χ0) is 9.47. The highest BCUT2D eigenvalue weighted by Gasteiger charge is 2.26. The Hall–Kier alpha value is -0.530. The topological polar surface area (TPSA) is 26.0 Å². The Morgan fingerprint density at radius 3 is 3.00 bits per heavy atom. The third-order valence-electron chi connectivity index (χ3n) is 2.76. The number of fused-ring (bicyclic) bond motifs is 1. The van der Waals surface area contributed by atoms with Crippen LogP contribution in [0.15, 0.2) is 18.2 Å². The third kappa shape index (κ3) is 1.72. The minimum atomic E-state index is -0.0440. The molecule has 1 aromatic carbocycles. The van der Waals surface area contributed by atoms with Gasteiger partial charge in [-0.05, 0) is 43.4 Å². The van der Waals surface area contributed by atoms with Crippen molar-refractivity contribution >= 4 is 11.6 Å². The average molecular weight is 196 g/mol. The Kier molecular flexibility index (Phi) is 2.09. The molecule has 70 valence electrons. The van der Waals surface area contributed by atoms with Gasteiger partial charge in [-0.25, -0.2) is 0 Å². The number of hydrogen-bond donors (Lipinski definition) is 1. The number of rotatable bonds is 0. The van der Waals surface area contributed by atoms with E-state index in [0.29, 0.717) is 0 Å². The van der Waals surface area contributed by atoms with E-state index in [9.17, 15) is 0 Å². The van der Waals surface area contributed by atoms with Gasteiger partial charge in [0.25, 0.3) is 0 Å². The molecule has 0 amide bonds. The van der Waals surface area contributed by atoms with Gasteiger partial charge in [-0.2, -0.15) is 0 Å². The van der Waals surface area contributed by atoms with Crippen molar-refractivity contribution < 1.29 is 0 Å². The number of hydrogen-bond acceptors (Lipinski definition) is 1. The van der Waals surface area contributed by atoms with Crippen molar-refractivity contribution in [1.82, 2.24) is 0 Å². The van der Waals surface area contributed by atoms with Crippen LogP contribution in [-0.2, 0) is 12.8 Å². The second-order valence-corrected chi connectivity index (χ2v) is 4.62. The predicted octanol–water partition coefficient (Wildman–Crippen LogP) is 2.55. The van der Waals surface area contributed by atoms with E-state index in [4.69, 9.17) is 17.3 Å². The van der Waals surface area contributed by atoms with Crippen LogP contribution in [-0.4, -0.2) is 5.54 Å². The zero-order valence-corrected chi connectivity index (χ0v) is 8.56. The van der Waals surface area contributed by atoms with Crippen LogP contribution >= 0.6 is 11.6 Å². The summed E-state index contributed by atoms with van der Waals surface area (Å²) in [4.78, 5) is 0. The molecule has 0 radical (unpaired) electrons. The van der Waals surface area contributed by atoms with Crippen molar-refractivity contribution in [3.05, 3.63) is 34.3 Å². The molecule has 1 aliphatic rings. The second kappa shape index (κ2) is 3.00. The van der Waals surface area contributed by atoms with E-state index in [1.165, 1.54) is 11.1 Å². The molecule has 0 aromatic heterocycles. The maximum atomic E-state index is 6.10. The lowest BCUT2D eigenvalue weighted by Gasteiger charge is -2.31. The fourth-order valence-electron chi connectivity index (χ4n) is 1.98. The van der Waals surface area contributed by atoms with E-state index >= 15 is 0 Å². The molecule has 2 heteroatoms. The van der Waals surface area contributed by atoms with Gasteiger partial charge >= 0.3 is 0 Å². The quantitative estimate of drug-likeness (QED) is 0.677. The van der Waals surface area contributed by atoms with E-state index in [1.54, 1.807) is 0 Å². The number of benzene rings is 1. The molecule has 0 saturated heterocycles. The lowest BCUT2D eigenvalue weighted by molar-refractivity contribution is 0.409. The van der Waals surface area contributed by atoms with E-state index in [1.807, 2.05) is 12.1 Å². The monoisotopic (exact) mass is 195 g/mol. The first kappa shape index (κ1) is 9.04. The van der Waals surface area contributed by atoms with E-state index < -0.39 is 0 Å². The average Bonchev–Trinajstić information content (AvgIpc) is 2.02. The van der Waals surface area contributed by atoms with Crippen molar-refractivity contribution in [3.8, 4) is 0 Å². The van der Waals surface area contributed by atoms with Crippen LogP contribution in [0.2, 0.25) is 5.02 Å². The molecule has 0 spiro atoms. The molecule has 1 atom stereocenters. The molecule has 2 rings (SSSR count). The van der Waals surface area contributed by atoms with Crippen LogP contribution in [0, 0.1) is 0 Å². The first-order valence-electron chi connectivity index (χ1n) is 4.64. The van der Waals surface area contributed by atoms with Gasteiger partial charge in [-0.3, -0.25) is 0 Å². The van der Waals surface area contributed by atoms with Gasteiger partial charge in [0, 0.05) is 10.6 Å². The maximum Gasteiger partial charge on any atom is 0.0440 e. The Balaban J connectivity index is 2.42. The highest BCUT2D eigenvalue weighted by Crippen LogP contribution is 2.31. The summed E-state index contributed by atoms with van der Waals surface area (Å²) in [5, 5.41) is 0.896. The van der Waals surface area contributed by atoms with Crippen LogP contribution in [0.1, 0.15) is 24.5 Å². The Bertz CT molecular complexity index is 331. The van der Waals surface area contributed by atoms with Gasteiger partial charge in [0.05, 0.1) is 0 Å². The lowest BCUT2D eigenvalue weighted by atomic mass is 9.80. The minimum Gasteiger partial charge on any atom is -0.325 e. The molecule has 0 bridgehead atoms. The predicted molar refractivity (Wildman–Crippen MR) is 56.1 cm³/mol. The lowest BCUT2D eigenvalue weighted by Crippen LogP contribution is -2.41. The highest BCUT2D eigenvalue weighted by atomic mass is 35.5. The van der Waals surface area contributed by atoms with Crippen molar-refractivity contribution in [2.75, 3.05) is 0 Å². The van der Waals surface area contributed by atoms with Crippen molar-refractivity contribution in [2.24, 2.45) is 5.73 Å². The van der Waals surface area contributed by atoms with Gasteiger partial charge in [0.1, 0.15) is 0 Å². The van der Waals surface area contributed by atoms with Gasteiger partial charge in [-0.15, -0.1) is 0 Å². The van der Waals surface area contributed by atoms with Gasteiger partial charge in [-0.1, -0.05) is 23.7 Å². The highest BCUT2D eigenvalue weighted by molar-refractivity contribution is 6.31. The normalized spacial score (nSPS) is 27.0. The Labute approximate surface area is 83.9 Å². The summed E-state index contributed by atoms with van der Waals surface area (Å²) in [7, 11) is 0. The van der Waals surface area contributed by atoms with Crippen LogP contribution in [0.3, 0.4) is 0 Å². The molecule has 1 aromatic rings. The summed E-state index contributed by atoms with van der Waals surface area (Å²) in [6, 6.07) is 6.09. The molecule has 0 saturated carbocycles. The Morgan fingerprint density at radius 2 is 2.23 bits per heavy atom. The molecule has 1 nitrogen and oxygen atoms in total. The zero-order valence-electron chi connectivity index (χ0n) is 7.81. The summed E-state index contributed by atoms with van der Waals surface area (Å²) in [5.41, 5.74) is 8.68. The van der Waals surface area contributed by atoms with Gasteiger partial charge in [0.2, 0.25) is 0 Å².